The molecule has 7 nitrogen and oxygen atoms in total. The summed E-state index contributed by atoms with van der Waals surface area (Å²) in [6, 6.07) is 11.0. The van der Waals surface area contributed by atoms with Crippen LogP contribution in [0.5, 0.6) is 0 Å². The Balaban J connectivity index is 1.43. The lowest BCUT2D eigenvalue weighted by Crippen LogP contribution is -2.46. The van der Waals surface area contributed by atoms with Crippen LogP contribution in [0.15, 0.2) is 59.5 Å². The monoisotopic (exact) mass is 550 g/mol. The molecule has 184 valence electrons. The number of hydrogen-bond donors (Lipinski definition) is 1. The molecule has 2 atom stereocenters. The van der Waals surface area contributed by atoms with Gasteiger partial charge < -0.3 is 5.32 Å². The first kappa shape index (κ1) is 24.2. The number of carbonyl (C=O) groups excluding carboxylic acids is 3. The Hall–Kier alpha value is -3.46. The number of aromatic nitrogens is 2. The molecule has 36 heavy (non-hydrogen) atoms. The number of imide groups is 1. The van der Waals surface area contributed by atoms with Gasteiger partial charge in [0.2, 0.25) is 0 Å². The Morgan fingerprint density at radius 3 is 2.44 bits per heavy atom. The molecule has 1 N–H and O–H groups in total. The smallest absolute Gasteiger partial charge is 0.274 e. The standard InChI is InChI=1S/C27H24BrFN4O3/c1-27(2)12-15(11-16(13-27)33-25(35)18-5-3-4-6-19(18)26(33)36)17-9-10-30-14-22(17)32-24(34)21-8-7-20(29)23(28)31-21/h3-10,14-16H,11-13H2,1-2H3,(H,32,34). The van der Waals surface area contributed by atoms with Gasteiger partial charge in [-0.2, -0.15) is 0 Å². The predicted octanol–water partition coefficient (Wildman–Crippen LogP) is 5.59. The number of carbonyl (C=O) groups is 3. The van der Waals surface area contributed by atoms with Crippen LogP contribution in [0.25, 0.3) is 0 Å². The van der Waals surface area contributed by atoms with Crippen molar-refractivity contribution in [3.05, 3.63) is 87.7 Å². The molecule has 1 saturated carbocycles. The Labute approximate surface area is 216 Å². The summed E-state index contributed by atoms with van der Waals surface area (Å²) < 4.78 is 13.5. The number of nitrogens with one attached hydrogen (secondary N) is 1. The van der Waals surface area contributed by atoms with Crippen molar-refractivity contribution in [1.82, 2.24) is 14.9 Å². The summed E-state index contributed by atoms with van der Waals surface area (Å²) in [5, 5.41) is 2.86. The van der Waals surface area contributed by atoms with Crippen molar-refractivity contribution in [2.24, 2.45) is 5.41 Å². The molecule has 1 fully saturated rings. The van der Waals surface area contributed by atoms with Crippen LogP contribution in [0.4, 0.5) is 10.1 Å². The second kappa shape index (κ2) is 9.20. The van der Waals surface area contributed by atoms with Crippen molar-refractivity contribution in [3.63, 3.8) is 0 Å². The maximum absolute atomic E-state index is 13.6. The quantitative estimate of drug-likeness (QED) is 0.337. The second-order valence-electron chi connectivity index (χ2n) is 10.1. The Kier molecular flexibility index (Phi) is 6.20. The van der Waals surface area contributed by atoms with E-state index in [2.05, 4.69) is 45.1 Å². The average molecular weight is 551 g/mol. The first-order valence-corrected chi connectivity index (χ1v) is 12.5. The van der Waals surface area contributed by atoms with Crippen molar-refractivity contribution in [2.45, 2.75) is 45.1 Å². The number of halogens is 2. The van der Waals surface area contributed by atoms with Gasteiger partial charge in [-0.15, -0.1) is 0 Å². The van der Waals surface area contributed by atoms with Gasteiger partial charge in [-0.25, -0.2) is 9.37 Å². The molecule has 1 aliphatic heterocycles. The second-order valence-corrected chi connectivity index (χ2v) is 10.8. The highest BCUT2D eigenvalue weighted by Crippen LogP contribution is 2.47. The third kappa shape index (κ3) is 4.43. The van der Waals surface area contributed by atoms with Crippen molar-refractivity contribution >= 4 is 39.3 Å². The number of hydrogen-bond acceptors (Lipinski definition) is 5. The van der Waals surface area contributed by atoms with E-state index in [1.807, 2.05) is 6.07 Å². The van der Waals surface area contributed by atoms with Crippen molar-refractivity contribution in [2.75, 3.05) is 5.32 Å². The van der Waals surface area contributed by atoms with Gasteiger partial charge in [-0.05, 0) is 82.4 Å². The predicted molar refractivity (Wildman–Crippen MR) is 135 cm³/mol. The van der Waals surface area contributed by atoms with Crippen LogP contribution in [-0.2, 0) is 0 Å². The van der Waals surface area contributed by atoms with Gasteiger partial charge >= 0.3 is 0 Å². The lowest BCUT2D eigenvalue weighted by molar-refractivity contribution is 0.0448. The van der Waals surface area contributed by atoms with E-state index in [0.29, 0.717) is 29.7 Å². The molecule has 3 aromatic rings. The molecule has 9 heteroatoms. The van der Waals surface area contributed by atoms with Gasteiger partial charge in [0, 0.05) is 12.2 Å². The minimum absolute atomic E-state index is 0.0331. The highest BCUT2D eigenvalue weighted by molar-refractivity contribution is 9.10. The van der Waals surface area contributed by atoms with E-state index in [1.165, 1.54) is 17.0 Å². The lowest BCUT2D eigenvalue weighted by atomic mass is 9.67. The number of pyridine rings is 2. The van der Waals surface area contributed by atoms with Gasteiger partial charge in [0.15, 0.2) is 5.82 Å². The van der Waals surface area contributed by atoms with Crippen LogP contribution < -0.4 is 5.32 Å². The average Bonchev–Trinajstić information content (AvgIpc) is 3.10. The van der Waals surface area contributed by atoms with Gasteiger partial charge in [-0.1, -0.05) is 26.0 Å². The van der Waals surface area contributed by atoms with Crippen molar-refractivity contribution in [1.29, 1.82) is 0 Å². The fraction of sp³-hybridized carbons (Fsp3) is 0.296. The van der Waals surface area contributed by atoms with Gasteiger partial charge in [0.25, 0.3) is 17.7 Å². The largest absolute Gasteiger partial charge is 0.319 e. The summed E-state index contributed by atoms with van der Waals surface area (Å²) in [7, 11) is 0. The molecule has 0 radical (unpaired) electrons. The summed E-state index contributed by atoms with van der Waals surface area (Å²) in [4.78, 5) is 48.8. The van der Waals surface area contributed by atoms with Crippen LogP contribution in [0.1, 0.15) is 75.8 Å². The molecular weight excluding hydrogens is 527 g/mol. The van der Waals surface area contributed by atoms with E-state index >= 15 is 0 Å². The Morgan fingerprint density at radius 2 is 1.78 bits per heavy atom. The highest BCUT2D eigenvalue weighted by atomic mass is 79.9. The molecular formula is C27H24BrFN4O3. The SMILES string of the molecule is CC1(C)CC(c2ccncc2NC(=O)c2ccc(F)c(Br)n2)CC(N2C(=O)c3ccccc3C2=O)C1. The summed E-state index contributed by atoms with van der Waals surface area (Å²) in [6.07, 6.45) is 5.30. The normalized spacial score (nSPS) is 20.8. The van der Waals surface area contributed by atoms with Crippen LogP contribution >= 0.6 is 15.9 Å². The summed E-state index contributed by atoms with van der Waals surface area (Å²) in [6.45, 7) is 4.26. The molecule has 2 aromatic heterocycles. The Morgan fingerprint density at radius 1 is 1.08 bits per heavy atom. The number of anilines is 1. The lowest BCUT2D eigenvalue weighted by Gasteiger charge is -2.43. The van der Waals surface area contributed by atoms with E-state index in [0.717, 1.165) is 12.0 Å². The molecule has 0 saturated heterocycles. The summed E-state index contributed by atoms with van der Waals surface area (Å²) in [5.74, 6) is -1.59. The number of fused-ring (bicyclic) bond motifs is 1. The van der Waals surface area contributed by atoms with E-state index in [1.54, 1.807) is 36.7 Å². The van der Waals surface area contributed by atoms with Gasteiger partial charge in [0.1, 0.15) is 10.3 Å². The fourth-order valence-electron chi connectivity index (χ4n) is 5.45. The van der Waals surface area contributed by atoms with E-state index in [4.69, 9.17) is 0 Å². The van der Waals surface area contributed by atoms with Crippen LogP contribution in [-0.4, -0.2) is 38.6 Å². The molecule has 0 spiro atoms. The van der Waals surface area contributed by atoms with Gasteiger partial charge in [-0.3, -0.25) is 24.3 Å². The molecule has 1 aliphatic carbocycles. The zero-order valence-electron chi connectivity index (χ0n) is 19.8. The van der Waals surface area contributed by atoms with Crippen LogP contribution in [0.3, 0.4) is 0 Å². The van der Waals surface area contributed by atoms with Crippen LogP contribution in [0, 0.1) is 11.2 Å². The molecule has 2 unspecified atom stereocenters. The topological polar surface area (TPSA) is 92.3 Å². The zero-order chi connectivity index (χ0) is 25.6. The Bertz CT molecular complexity index is 1360. The number of amides is 3. The summed E-state index contributed by atoms with van der Waals surface area (Å²) >= 11 is 3.01. The maximum Gasteiger partial charge on any atom is 0.274 e. The zero-order valence-corrected chi connectivity index (χ0v) is 21.4. The molecule has 1 aromatic carbocycles. The number of nitrogens with zero attached hydrogens (tertiary/aromatic N) is 3. The number of rotatable bonds is 4. The molecule has 2 aliphatic rings. The first-order chi connectivity index (χ1) is 17.1. The third-order valence-corrected chi connectivity index (χ3v) is 7.47. The molecule has 3 heterocycles. The maximum atomic E-state index is 13.6. The minimum atomic E-state index is -0.558. The molecule has 0 bridgehead atoms. The third-order valence-electron chi connectivity index (χ3n) is 6.91. The van der Waals surface area contributed by atoms with E-state index in [-0.39, 0.29) is 39.5 Å². The fourth-order valence-corrected chi connectivity index (χ4v) is 5.78. The van der Waals surface area contributed by atoms with Crippen LogP contribution in [0.2, 0.25) is 0 Å². The van der Waals surface area contributed by atoms with E-state index < -0.39 is 11.7 Å². The number of benzene rings is 1. The molecule has 5 rings (SSSR count). The van der Waals surface area contributed by atoms with Gasteiger partial charge in [0.05, 0.1) is 23.0 Å². The summed E-state index contributed by atoms with van der Waals surface area (Å²) in [5.41, 5.74) is 2.18. The minimum Gasteiger partial charge on any atom is -0.319 e. The van der Waals surface area contributed by atoms with Crippen molar-refractivity contribution in [3.8, 4) is 0 Å². The first-order valence-electron chi connectivity index (χ1n) is 11.7. The van der Waals surface area contributed by atoms with Crippen molar-refractivity contribution < 1.29 is 18.8 Å². The highest BCUT2D eigenvalue weighted by Gasteiger charge is 2.45. The molecule has 3 amide bonds. The van der Waals surface area contributed by atoms with E-state index in [9.17, 15) is 18.8 Å².